The molecule has 1 aliphatic rings. The zero-order valence-electron chi connectivity index (χ0n) is 16.5. The van der Waals surface area contributed by atoms with Crippen LogP contribution in [0.15, 0.2) is 24.3 Å². The van der Waals surface area contributed by atoms with Gasteiger partial charge in [-0.2, -0.15) is 18.4 Å². The van der Waals surface area contributed by atoms with Crippen molar-refractivity contribution in [3.63, 3.8) is 0 Å². The van der Waals surface area contributed by atoms with Gasteiger partial charge in [0.2, 0.25) is 5.91 Å². The highest BCUT2D eigenvalue weighted by molar-refractivity contribution is 7.91. The van der Waals surface area contributed by atoms with Gasteiger partial charge in [-0.15, -0.1) is 0 Å². The number of carbonyl (C=O) groups excluding carboxylic acids is 1. The largest absolute Gasteiger partial charge is 0.407 e. The van der Waals surface area contributed by atoms with E-state index >= 15 is 0 Å². The molecule has 0 heterocycles. The SMILES string of the molecule is CC(C)CS(=O)(=O)CC(NC(c1ccc(F)cc1)C(F)(F)F)C(=O)NC1(C#N)CC1. The summed E-state index contributed by atoms with van der Waals surface area (Å²) < 4.78 is 79.0. The van der Waals surface area contributed by atoms with E-state index in [0.29, 0.717) is 12.8 Å². The van der Waals surface area contributed by atoms with Crippen molar-refractivity contribution in [1.29, 1.82) is 5.26 Å². The molecule has 2 rings (SSSR count). The number of rotatable bonds is 9. The van der Waals surface area contributed by atoms with E-state index in [4.69, 9.17) is 5.26 Å². The van der Waals surface area contributed by atoms with Crippen LogP contribution in [-0.2, 0) is 14.6 Å². The molecular formula is C19H23F4N3O3S. The van der Waals surface area contributed by atoms with Crippen LogP contribution in [0, 0.1) is 23.1 Å². The number of alkyl halides is 3. The van der Waals surface area contributed by atoms with Crippen LogP contribution in [0.1, 0.15) is 38.3 Å². The summed E-state index contributed by atoms with van der Waals surface area (Å²) in [7, 11) is -3.88. The van der Waals surface area contributed by atoms with Gasteiger partial charge in [-0.1, -0.05) is 26.0 Å². The maximum absolute atomic E-state index is 13.7. The summed E-state index contributed by atoms with van der Waals surface area (Å²) in [4.78, 5) is 12.7. The summed E-state index contributed by atoms with van der Waals surface area (Å²) in [5.41, 5.74) is -1.55. The summed E-state index contributed by atoms with van der Waals surface area (Å²) in [6.07, 6.45) is -4.21. The third kappa shape index (κ3) is 6.67. The lowest BCUT2D eigenvalue weighted by Crippen LogP contribution is -2.54. The summed E-state index contributed by atoms with van der Waals surface area (Å²) in [6.45, 7) is 3.26. The van der Waals surface area contributed by atoms with Crippen molar-refractivity contribution in [3.8, 4) is 6.07 Å². The Kier molecular flexibility index (Phi) is 7.14. The van der Waals surface area contributed by atoms with Gasteiger partial charge in [-0.05, 0) is 36.5 Å². The van der Waals surface area contributed by atoms with Gasteiger partial charge in [-0.25, -0.2) is 12.8 Å². The van der Waals surface area contributed by atoms with E-state index in [1.54, 1.807) is 13.8 Å². The first-order valence-electron chi connectivity index (χ1n) is 9.29. The third-order valence-electron chi connectivity index (χ3n) is 4.55. The van der Waals surface area contributed by atoms with E-state index in [1.807, 2.05) is 6.07 Å². The van der Waals surface area contributed by atoms with Crippen LogP contribution in [0.3, 0.4) is 0 Å². The van der Waals surface area contributed by atoms with Gasteiger partial charge < -0.3 is 5.32 Å². The average Bonchev–Trinajstić information content (AvgIpc) is 3.37. The molecule has 1 fully saturated rings. The molecule has 1 saturated carbocycles. The van der Waals surface area contributed by atoms with Crippen molar-refractivity contribution in [2.75, 3.05) is 11.5 Å². The molecule has 0 saturated heterocycles. The van der Waals surface area contributed by atoms with Crippen molar-refractivity contribution >= 4 is 15.7 Å². The van der Waals surface area contributed by atoms with Crippen LogP contribution in [-0.4, -0.2) is 43.6 Å². The fourth-order valence-electron chi connectivity index (χ4n) is 2.98. The highest BCUT2D eigenvalue weighted by Crippen LogP contribution is 2.35. The van der Waals surface area contributed by atoms with Crippen LogP contribution in [0.25, 0.3) is 0 Å². The molecule has 2 atom stereocenters. The molecule has 166 valence electrons. The second-order valence-electron chi connectivity index (χ2n) is 7.90. The molecule has 2 N–H and O–H groups in total. The van der Waals surface area contributed by atoms with Crippen LogP contribution >= 0.6 is 0 Å². The van der Waals surface area contributed by atoms with Gasteiger partial charge in [0.05, 0.1) is 17.6 Å². The van der Waals surface area contributed by atoms with Crippen molar-refractivity contribution < 1.29 is 30.8 Å². The number of hydrogen-bond donors (Lipinski definition) is 2. The molecule has 0 bridgehead atoms. The monoisotopic (exact) mass is 449 g/mol. The van der Waals surface area contributed by atoms with Gasteiger partial charge in [0.1, 0.15) is 23.4 Å². The van der Waals surface area contributed by atoms with Crippen molar-refractivity contribution in [2.24, 2.45) is 5.92 Å². The fraction of sp³-hybridized carbons (Fsp3) is 0.579. The molecule has 1 amide bonds. The molecular weight excluding hydrogens is 426 g/mol. The molecule has 6 nitrogen and oxygen atoms in total. The molecule has 0 spiro atoms. The van der Waals surface area contributed by atoms with Crippen LogP contribution in [0.2, 0.25) is 0 Å². The number of benzene rings is 1. The number of nitrogens with one attached hydrogen (secondary N) is 2. The highest BCUT2D eigenvalue weighted by Gasteiger charge is 2.48. The van der Waals surface area contributed by atoms with Gasteiger partial charge in [0, 0.05) is 0 Å². The standard InChI is InChI=1S/C19H23F4N3O3S/c1-12(2)9-30(28,29)10-15(17(27)26-18(11-24)7-8-18)25-16(19(21,22)23)13-3-5-14(20)6-4-13/h3-6,12,15-16,25H,7-10H2,1-2H3,(H,26,27). The first kappa shape index (κ1) is 24.1. The number of sulfone groups is 1. The number of nitrogens with zero attached hydrogens (tertiary/aromatic N) is 1. The topological polar surface area (TPSA) is 99.1 Å². The molecule has 30 heavy (non-hydrogen) atoms. The third-order valence-corrected chi connectivity index (χ3v) is 6.57. The summed E-state index contributed by atoms with van der Waals surface area (Å²) in [6, 6.07) is 1.24. The van der Waals surface area contributed by atoms with Gasteiger partial charge in [0.25, 0.3) is 0 Å². The quantitative estimate of drug-likeness (QED) is 0.565. The van der Waals surface area contributed by atoms with E-state index in [2.05, 4.69) is 10.6 Å². The zero-order valence-corrected chi connectivity index (χ0v) is 17.3. The Labute approximate surface area is 172 Å². The molecule has 1 aromatic carbocycles. The number of amides is 1. The van der Waals surface area contributed by atoms with E-state index in [-0.39, 0.29) is 17.2 Å². The normalized spacial score (nSPS) is 17.8. The molecule has 0 aliphatic heterocycles. The molecule has 2 unspecified atom stereocenters. The van der Waals surface area contributed by atoms with Crippen LogP contribution in [0.4, 0.5) is 17.6 Å². The minimum absolute atomic E-state index is 0.289. The Balaban J connectivity index is 2.34. The second kappa shape index (κ2) is 8.89. The number of carbonyl (C=O) groups is 1. The summed E-state index contributed by atoms with van der Waals surface area (Å²) in [5, 5.41) is 13.6. The predicted molar refractivity (Wildman–Crippen MR) is 101 cm³/mol. The lowest BCUT2D eigenvalue weighted by atomic mass is 10.0. The van der Waals surface area contributed by atoms with Crippen molar-refractivity contribution in [2.45, 2.75) is 50.5 Å². The Bertz CT molecular complexity index is 904. The Hall–Kier alpha value is -2.19. The van der Waals surface area contributed by atoms with Gasteiger partial charge in [-0.3, -0.25) is 10.1 Å². The molecule has 0 radical (unpaired) electrons. The second-order valence-corrected chi connectivity index (χ2v) is 10.1. The molecule has 0 aromatic heterocycles. The Morgan fingerprint density at radius 1 is 1.20 bits per heavy atom. The average molecular weight is 449 g/mol. The minimum Gasteiger partial charge on any atom is -0.336 e. The van der Waals surface area contributed by atoms with Crippen molar-refractivity contribution in [1.82, 2.24) is 10.6 Å². The van der Waals surface area contributed by atoms with E-state index in [9.17, 15) is 30.8 Å². The van der Waals surface area contributed by atoms with Crippen LogP contribution in [0.5, 0.6) is 0 Å². The van der Waals surface area contributed by atoms with Crippen LogP contribution < -0.4 is 10.6 Å². The maximum Gasteiger partial charge on any atom is 0.407 e. The Morgan fingerprint density at radius 3 is 2.20 bits per heavy atom. The zero-order chi connectivity index (χ0) is 22.7. The number of hydrogen-bond acceptors (Lipinski definition) is 5. The first-order chi connectivity index (χ1) is 13.8. The summed E-state index contributed by atoms with van der Waals surface area (Å²) in [5.74, 6) is -3.21. The number of nitriles is 1. The predicted octanol–water partition coefficient (Wildman–Crippen LogP) is 2.63. The molecule has 1 aliphatic carbocycles. The Morgan fingerprint density at radius 2 is 1.77 bits per heavy atom. The maximum atomic E-state index is 13.7. The lowest BCUT2D eigenvalue weighted by Gasteiger charge is -2.28. The first-order valence-corrected chi connectivity index (χ1v) is 11.1. The van der Waals surface area contributed by atoms with E-state index in [0.717, 1.165) is 24.3 Å². The highest BCUT2D eigenvalue weighted by atomic mass is 32.2. The fourth-order valence-corrected chi connectivity index (χ4v) is 4.89. The smallest absolute Gasteiger partial charge is 0.336 e. The van der Waals surface area contributed by atoms with Crippen molar-refractivity contribution in [3.05, 3.63) is 35.6 Å². The van der Waals surface area contributed by atoms with E-state index in [1.165, 1.54) is 0 Å². The lowest BCUT2D eigenvalue weighted by molar-refractivity contribution is -0.160. The van der Waals surface area contributed by atoms with Gasteiger partial charge in [0.15, 0.2) is 9.84 Å². The molecule has 1 aromatic rings. The number of halogens is 4. The van der Waals surface area contributed by atoms with E-state index < -0.39 is 51.1 Å². The minimum atomic E-state index is -4.88. The summed E-state index contributed by atoms with van der Waals surface area (Å²) >= 11 is 0. The molecule has 11 heteroatoms. The van der Waals surface area contributed by atoms with Gasteiger partial charge >= 0.3 is 6.18 Å².